The van der Waals surface area contributed by atoms with Crippen LogP contribution in [0.25, 0.3) is 0 Å². The van der Waals surface area contributed by atoms with E-state index in [2.05, 4.69) is 40.6 Å². The molecule has 0 aliphatic carbocycles. The van der Waals surface area contributed by atoms with Gasteiger partial charge in [-0.1, -0.05) is 42.5 Å². The lowest BCUT2D eigenvalue weighted by Crippen LogP contribution is -2.56. The zero-order chi connectivity index (χ0) is 25.1. The molecule has 2 atom stereocenters. The van der Waals surface area contributed by atoms with Crippen LogP contribution < -0.4 is 0 Å². The third-order valence-electron chi connectivity index (χ3n) is 7.36. The number of carbonyl (C=O) groups is 2. The second-order valence-electron chi connectivity index (χ2n) is 9.73. The predicted molar refractivity (Wildman–Crippen MR) is 140 cm³/mol. The first-order valence-electron chi connectivity index (χ1n) is 12.7. The molecule has 1 aromatic heterocycles. The number of amides is 2. The van der Waals surface area contributed by atoms with Crippen LogP contribution in [0.1, 0.15) is 41.0 Å². The molecule has 2 amide bonds. The maximum atomic E-state index is 13.2. The lowest BCUT2D eigenvalue weighted by Gasteiger charge is -2.41. The minimum atomic E-state index is -0.304. The van der Waals surface area contributed by atoms with Crippen molar-refractivity contribution in [3.63, 3.8) is 0 Å². The van der Waals surface area contributed by atoms with Gasteiger partial charge in [0.2, 0.25) is 11.8 Å². The Morgan fingerprint density at radius 1 is 0.972 bits per heavy atom. The maximum Gasteiger partial charge on any atom is 0.227 e. The third kappa shape index (κ3) is 5.37. The smallest absolute Gasteiger partial charge is 0.227 e. The molecule has 7 heteroatoms. The quantitative estimate of drug-likeness (QED) is 0.495. The van der Waals surface area contributed by atoms with E-state index in [9.17, 15) is 14.0 Å². The van der Waals surface area contributed by atoms with Crippen molar-refractivity contribution in [3.05, 3.63) is 93.4 Å². The Bertz CT molecular complexity index is 1200. The van der Waals surface area contributed by atoms with Gasteiger partial charge in [-0.15, -0.1) is 11.3 Å². The number of carbonyl (C=O) groups excluding carboxylic acids is 2. The fourth-order valence-corrected chi connectivity index (χ4v) is 6.37. The van der Waals surface area contributed by atoms with E-state index in [-0.39, 0.29) is 36.1 Å². The molecule has 2 aliphatic heterocycles. The largest absolute Gasteiger partial charge is 0.339 e. The van der Waals surface area contributed by atoms with Gasteiger partial charge >= 0.3 is 0 Å². The molecular formula is C29H32FN3O2S. The molecule has 0 saturated carbocycles. The van der Waals surface area contributed by atoms with Gasteiger partial charge in [-0.2, -0.15) is 0 Å². The van der Waals surface area contributed by atoms with Gasteiger partial charge in [-0.3, -0.25) is 14.5 Å². The standard InChI is InChI=1S/C29H32FN3O2S/c1-21-20-32(16-17-33(21)28(35)19-22-7-9-24(30)10-8-22)27(34)12-15-31-14-11-26-25(13-18-36-26)29(31)23-5-3-2-4-6-23/h2-10,13,18,21,29H,11-12,14-17,19-20H2,1H3/t21-,29+/m0/s1. The number of thiophene rings is 1. The Morgan fingerprint density at radius 2 is 1.75 bits per heavy atom. The van der Waals surface area contributed by atoms with Crippen molar-refractivity contribution < 1.29 is 14.0 Å². The summed E-state index contributed by atoms with van der Waals surface area (Å²) in [5, 5.41) is 2.17. The van der Waals surface area contributed by atoms with Gasteiger partial charge in [0.15, 0.2) is 0 Å². The first kappa shape index (κ1) is 24.7. The van der Waals surface area contributed by atoms with E-state index in [1.807, 2.05) is 34.1 Å². The minimum Gasteiger partial charge on any atom is -0.339 e. The number of halogens is 1. The van der Waals surface area contributed by atoms with Crippen molar-refractivity contribution in [2.24, 2.45) is 0 Å². The molecule has 5 rings (SSSR count). The lowest BCUT2D eigenvalue weighted by molar-refractivity contribution is -0.142. The average molecular weight is 506 g/mol. The molecule has 3 heterocycles. The zero-order valence-corrected chi connectivity index (χ0v) is 21.4. The van der Waals surface area contributed by atoms with E-state index in [1.165, 1.54) is 28.1 Å². The molecule has 0 radical (unpaired) electrons. The molecule has 2 aliphatic rings. The van der Waals surface area contributed by atoms with Crippen molar-refractivity contribution in [1.29, 1.82) is 0 Å². The van der Waals surface area contributed by atoms with Crippen molar-refractivity contribution in [1.82, 2.24) is 14.7 Å². The maximum absolute atomic E-state index is 13.2. The van der Waals surface area contributed by atoms with Crippen LogP contribution in [0.2, 0.25) is 0 Å². The summed E-state index contributed by atoms with van der Waals surface area (Å²) in [5.41, 5.74) is 3.44. The summed E-state index contributed by atoms with van der Waals surface area (Å²) < 4.78 is 13.2. The molecule has 188 valence electrons. The number of nitrogens with zero attached hydrogens (tertiary/aromatic N) is 3. The van der Waals surface area contributed by atoms with Gasteiger partial charge in [0.05, 0.1) is 12.5 Å². The molecular weight excluding hydrogens is 473 g/mol. The van der Waals surface area contributed by atoms with E-state index in [0.29, 0.717) is 32.6 Å². The third-order valence-corrected chi connectivity index (χ3v) is 8.36. The van der Waals surface area contributed by atoms with Crippen molar-refractivity contribution in [2.45, 2.75) is 38.3 Å². The molecule has 0 spiro atoms. The molecule has 3 aromatic rings. The Morgan fingerprint density at radius 3 is 2.50 bits per heavy atom. The second kappa shape index (κ2) is 10.9. The molecule has 5 nitrogen and oxygen atoms in total. The highest BCUT2D eigenvalue weighted by Crippen LogP contribution is 2.37. The highest BCUT2D eigenvalue weighted by atomic mass is 32.1. The van der Waals surface area contributed by atoms with Crippen LogP contribution in [0, 0.1) is 5.82 Å². The summed E-state index contributed by atoms with van der Waals surface area (Å²) in [6, 6.07) is 19.0. The van der Waals surface area contributed by atoms with Crippen molar-refractivity contribution in [2.75, 3.05) is 32.7 Å². The molecule has 1 saturated heterocycles. The summed E-state index contributed by atoms with van der Waals surface area (Å²) in [7, 11) is 0. The first-order valence-corrected chi connectivity index (χ1v) is 13.5. The number of fused-ring (bicyclic) bond motifs is 1. The number of benzene rings is 2. The van der Waals surface area contributed by atoms with Gasteiger partial charge < -0.3 is 9.80 Å². The van der Waals surface area contributed by atoms with Crippen LogP contribution in [0.4, 0.5) is 4.39 Å². The highest BCUT2D eigenvalue weighted by molar-refractivity contribution is 7.10. The van der Waals surface area contributed by atoms with Crippen molar-refractivity contribution >= 4 is 23.2 Å². The van der Waals surface area contributed by atoms with E-state index in [0.717, 1.165) is 18.5 Å². The number of rotatable bonds is 6. The summed E-state index contributed by atoms with van der Waals surface area (Å²) >= 11 is 1.83. The van der Waals surface area contributed by atoms with Gasteiger partial charge in [0.25, 0.3) is 0 Å². The van der Waals surface area contributed by atoms with Gasteiger partial charge in [-0.25, -0.2) is 4.39 Å². The van der Waals surface area contributed by atoms with E-state index in [1.54, 1.807) is 12.1 Å². The Labute approximate surface area is 216 Å². The van der Waals surface area contributed by atoms with Crippen LogP contribution in [0.5, 0.6) is 0 Å². The molecule has 0 unspecified atom stereocenters. The van der Waals surface area contributed by atoms with E-state index >= 15 is 0 Å². The van der Waals surface area contributed by atoms with Crippen LogP contribution in [-0.4, -0.2) is 65.3 Å². The fraction of sp³-hybridized carbons (Fsp3) is 0.379. The Balaban J connectivity index is 1.17. The van der Waals surface area contributed by atoms with Crippen LogP contribution in [-0.2, 0) is 22.4 Å². The molecule has 1 fully saturated rings. The number of hydrogen-bond donors (Lipinski definition) is 0. The van der Waals surface area contributed by atoms with Crippen molar-refractivity contribution in [3.8, 4) is 0 Å². The number of piperazine rings is 1. The fourth-order valence-electron chi connectivity index (χ4n) is 5.47. The van der Waals surface area contributed by atoms with Gasteiger partial charge in [0.1, 0.15) is 5.82 Å². The molecule has 0 N–H and O–H groups in total. The SMILES string of the molecule is C[C@H]1CN(C(=O)CCN2CCc3sccc3[C@H]2c2ccccc2)CCN1C(=O)Cc1ccc(F)cc1. The highest BCUT2D eigenvalue weighted by Gasteiger charge is 2.32. The number of hydrogen-bond acceptors (Lipinski definition) is 4. The Kier molecular flexibility index (Phi) is 7.48. The first-order chi connectivity index (χ1) is 17.5. The molecule has 0 bridgehead atoms. The summed E-state index contributed by atoms with van der Waals surface area (Å²) in [5.74, 6) is -0.135. The van der Waals surface area contributed by atoms with E-state index in [4.69, 9.17) is 0 Å². The molecule has 2 aromatic carbocycles. The van der Waals surface area contributed by atoms with Crippen LogP contribution in [0.3, 0.4) is 0 Å². The van der Waals surface area contributed by atoms with Gasteiger partial charge in [0, 0.05) is 50.1 Å². The Hall–Kier alpha value is -3.03. The average Bonchev–Trinajstić information content (AvgIpc) is 3.37. The predicted octanol–water partition coefficient (Wildman–Crippen LogP) is 4.53. The summed E-state index contributed by atoms with van der Waals surface area (Å²) in [6.07, 6.45) is 1.74. The van der Waals surface area contributed by atoms with Crippen LogP contribution >= 0.6 is 11.3 Å². The monoisotopic (exact) mass is 505 g/mol. The zero-order valence-electron chi connectivity index (χ0n) is 20.6. The van der Waals surface area contributed by atoms with Crippen LogP contribution in [0.15, 0.2) is 66.0 Å². The summed E-state index contributed by atoms with van der Waals surface area (Å²) in [4.78, 5) is 33.7. The second-order valence-corrected chi connectivity index (χ2v) is 10.7. The van der Waals surface area contributed by atoms with Gasteiger partial charge in [-0.05, 0) is 53.6 Å². The normalized spacial score (nSPS) is 20.3. The molecule has 36 heavy (non-hydrogen) atoms. The lowest BCUT2D eigenvalue weighted by atomic mass is 9.93. The topological polar surface area (TPSA) is 43.9 Å². The minimum absolute atomic E-state index is 0.0202. The van der Waals surface area contributed by atoms with E-state index < -0.39 is 0 Å². The summed E-state index contributed by atoms with van der Waals surface area (Å²) in [6.45, 7) is 5.28.